The second-order valence-corrected chi connectivity index (χ2v) is 6.26. The van der Waals surface area contributed by atoms with E-state index in [0.29, 0.717) is 0 Å². The molecule has 0 heterocycles. The summed E-state index contributed by atoms with van der Waals surface area (Å²) >= 11 is 0. The average molecular weight is 413 g/mol. The van der Waals surface area contributed by atoms with E-state index in [2.05, 4.69) is 10.1 Å². The number of amides is 2. The summed E-state index contributed by atoms with van der Waals surface area (Å²) in [6.07, 6.45) is -0.0197. The molecule has 0 spiro atoms. The normalized spacial score (nSPS) is 10.6. The molecule has 3 rings (SSSR count). The van der Waals surface area contributed by atoms with Gasteiger partial charge in [-0.2, -0.15) is 8.78 Å². The van der Waals surface area contributed by atoms with E-state index in [1.807, 2.05) is 36.4 Å². The molecule has 1 N–H and O–H groups in total. The second-order valence-electron chi connectivity index (χ2n) is 6.26. The van der Waals surface area contributed by atoms with Crippen molar-refractivity contribution in [2.24, 2.45) is 0 Å². The first kappa shape index (κ1) is 20.9. The highest BCUT2D eigenvalue weighted by Gasteiger charge is 2.14. The number of alkyl halides is 2. The van der Waals surface area contributed by atoms with Crippen molar-refractivity contribution in [2.75, 3.05) is 6.61 Å². The number of hydrogen-bond donors (Lipinski definition) is 1. The van der Waals surface area contributed by atoms with Crippen molar-refractivity contribution in [3.63, 3.8) is 0 Å². The summed E-state index contributed by atoms with van der Waals surface area (Å²) in [4.78, 5) is 36.0. The summed E-state index contributed by atoms with van der Waals surface area (Å²) in [6, 6.07) is 17.9. The van der Waals surface area contributed by atoms with E-state index in [0.717, 1.165) is 16.3 Å². The molecular weight excluding hydrogens is 396 g/mol. The topological polar surface area (TPSA) is 81.7 Å². The van der Waals surface area contributed by atoms with Crippen molar-refractivity contribution in [3.8, 4) is 5.75 Å². The number of rotatable bonds is 7. The smallest absolute Gasteiger partial charge is 0.387 e. The van der Waals surface area contributed by atoms with Crippen molar-refractivity contribution >= 4 is 28.6 Å². The van der Waals surface area contributed by atoms with E-state index in [1.54, 1.807) is 6.07 Å². The van der Waals surface area contributed by atoms with Gasteiger partial charge in [0, 0.05) is 5.56 Å². The predicted octanol–water partition coefficient (Wildman–Crippen LogP) is 3.48. The standard InChI is InChI=1S/C22H17F2NO5/c23-22(24)30-17-10-8-15(9-11-17)21(28)25-19(26)13-29-20(27)12-16-6-3-5-14-4-1-2-7-18(14)16/h1-11,22H,12-13H2,(H,25,26,28). The molecule has 0 aliphatic heterocycles. The highest BCUT2D eigenvalue weighted by molar-refractivity contribution is 6.05. The molecule has 0 radical (unpaired) electrons. The van der Waals surface area contributed by atoms with Gasteiger partial charge in [-0.3, -0.25) is 19.7 Å². The molecule has 0 fully saturated rings. The number of nitrogens with one attached hydrogen (secondary N) is 1. The molecule has 0 saturated heterocycles. The molecule has 8 heteroatoms. The van der Waals surface area contributed by atoms with Crippen molar-refractivity contribution in [2.45, 2.75) is 13.0 Å². The van der Waals surface area contributed by atoms with E-state index in [-0.39, 0.29) is 17.7 Å². The van der Waals surface area contributed by atoms with Crippen LogP contribution in [0.3, 0.4) is 0 Å². The van der Waals surface area contributed by atoms with E-state index in [9.17, 15) is 23.2 Å². The highest BCUT2D eigenvalue weighted by Crippen LogP contribution is 2.19. The van der Waals surface area contributed by atoms with Gasteiger partial charge in [0.25, 0.3) is 11.8 Å². The fourth-order valence-electron chi connectivity index (χ4n) is 2.82. The lowest BCUT2D eigenvalue weighted by Gasteiger charge is -2.08. The zero-order valence-corrected chi connectivity index (χ0v) is 15.6. The lowest BCUT2D eigenvalue weighted by molar-refractivity contribution is -0.147. The van der Waals surface area contributed by atoms with Crippen LogP contribution in [-0.2, 0) is 20.7 Å². The molecule has 0 saturated carbocycles. The summed E-state index contributed by atoms with van der Waals surface area (Å²) < 4.78 is 33.4. The van der Waals surface area contributed by atoms with Crippen LogP contribution in [0.4, 0.5) is 8.78 Å². The Balaban J connectivity index is 1.50. The zero-order chi connectivity index (χ0) is 21.5. The maximum atomic E-state index is 12.1. The second kappa shape index (κ2) is 9.60. The van der Waals surface area contributed by atoms with Gasteiger partial charge in [0.05, 0.1) is 6.42 Å². The average Bonchev–Trinajstić information content (AvgIpc) is 2.72. The van der Waals surface area contributed by atoms with Gasteiger partial charge in [0.1, 0.15) is 5.75 Å². The molecule has 3 aromatic carbocycles. The Morgan fingerprint density at radius 3 is 2.33 bits per heavy atom. The van der Waals surface area contributed by atoms with Crippen LogP contribution in [0.5, 0.6) is 5.75 Å². The molecule has 0 atom stereocenters. The van der Waals surface area contributed by atoms with Crippen molar-refractivity contribution in [1.29, 1.82) is 0 Å². The minimum atomic E-state index is -2.98. The van der Waals surface area contributed by atoms with E-state index in [1.165, 1.54) is 24.3 Å². The molecule has 154 valence electrons. The first-order chi connectivity index (χ1) is 14.4. The minimum absolute atomic E-state index is 0.0197. The van der Waals surface area contributed by atoms with Gasteiger partial charge in [-0.15, -0.1) is 0 Å². The van der Waals surface area contributed by atoms with Gasteiger partial charge in [-0.05, 0) is 40.6 Å². The number of carbonyl (C=O) groups excluding carboxylic acids is 3. The fraction of sp³-hybridized carbons (Fsp3) is 0.136. The summed E-state index contributed by atoms with van der Waals surface area (Å²) in [5, 5.41) is 3.96. The van der Waals surface area contributed by atoms with E-state index in [4.69, 9.17) is 4.74 Å². The molecule has 3 aromatic rings. The molecule has 0 unspecified atom stereocenters. The Morgan fingerprint density at radius 1 is 0.900 bits per heavy atom. The minimum Gasteiger partial charge on any atom is -0.455 e. The third kappa shape index (κ3) is 5.60. The van der Waals surface area contributed by atoms with E-state index < -0.39 is 31.0 Å². The molecule has 30 heavy (non-hydrogen) atoms. The third-order valence-corrected chi connectivity index (χ3v) is 4.17. The van der Waals surface area contributed by atoms with Crippen LogP contribution in [0, 0.1) is 0 Å². The lowest BCUT2D eigenvalue weighted by atomic mass is 10.0. The van der Waals surface area contributed by atoms with Crippen LogP contribution < -0.4 is 10.1 Å². The SMILES string of the molecule is O=C(COC(=O)Cc1cccc2ccccc12)NC(=O)c1ccc(OC(F)F)cc1. The Bertz CT molecular complexity index is 1060. The molecule has 0 aliphatic carbocycles. The van der Waals surface area contributed by atoms with Crippen molar-refractivity contribution in [1.82, 2.24) is 5.32 Å². The van der Waals surface area contributed by atoms with Gasteiger partial charge in [0.15, 0.2) is 6.61 Å². The number of esters is 1. The fourth-order valence-corrected chi connectivity index (χ4v) is 2.82. The number of benzene rings is 3. The van der Waals surface area contributed by atoms with Gasteiger partial charge < -0.3 is 9.47 Å². The number of hydrogen-bond acceptors (Lipinski definition) is 5. The Labute approximate surface area is 170 Å². The number of carbonyl (C=O) groups is 3. The quantitative estimate of drug-likeness (QED) is 0.600. The number of ether oxygens (including phenoxy) is 2. The predicted molar refractivity (Wildman–Crippen MR) is 104 cm³/mol. The molecule has 6 nitrogen and oxygen atoms in total. The van der Waals surface area contributed by atoms with Crippen LogP contribution in [0.1, 0.15) is 15.9 Å². The molecule has 0 aliphatic rings. The summed E-state index contributed by atoms with van der Waals surface area (Å²) in [6.45, 7) is -3.60. The van der Waals surface area contributed by atoms with Gasteiger partial charge in [-0.25, -0.2) is 0 Å². The number of halogens is 2. The van der Waals surface area contributed by atoms with Crippen LogP contribution in [0.15, 0.2) is 66.7 Å². The largest absolute Gasteiger partial charge is 0.455 e. The number of fused-ring (bicyclic) bond motifs is 1. The van der Waals surface area contributed by atoms with Crippen LogP contribution in [0.25, 0.3) is 10.8 Å². The molecule has 2 amide bonds. The van der Waals surface area contributed by atoms with Gasteiger partial charge in [-0.1, -0.05) is 42.5 Å². The molecular formula is C22H17F2NO5. The molecule has 0 bridgehead atoms. The Kier molecular flexibility index (Phi) is 6.69. The summed E-state index contributed by atoms with van der Waals surface area (Å²) in [5.74, 6) is -2.29. The Hall–Kier alpha value is -3.81. The van der Waals surface area contributed by atoms with Gasteiger partial charge in [0.2, 0.25) is 0 Å². The van der Waals surface area contributed by atoms with Crippen LogP contribution in [-0.4, -0.2) is 31.0 Å². The molecule has 0 aromatic heterocycles. The first-order valence-corrected chi connectivity index (χ1v) is 8.93. The third-order valence-electron chi connectivity index (χ3n) is 4.17. The zero-order valence-electron chi connectivity index (χ0n) is 15.6. The van der Waals surface area contributed by atoms with Crippen molar-refractivity contribution in [3.05, 3.63) is 77.9 Å². The van der Waals surface area contributed by atoms with Crippen LogP contribution >= 0.6 is 0 Å². The summed E-state index contributed by atoms with van der Waals surface area (Å²) in [7, 11) is 0. The summed E-state index contributed by atoms with van der Waals surface area (Å²) in [5.41, 5.74) is 0.827. The monoisotopic (exact) mass is 413 g/mol. The first-order valence-electron chi connectivity index (χ1n) is 8.93. The highest BCUT2D eigenvalue weighted by atomic mass is 19.3. The lowest BCUT2D eigenvalue weighted by Crippen LogP contribution is -2.34. The van der Waals surface area contributed by atoms with Crippen LogP contribution in [0.2, 0.25) is 0 Å². The maximum absolute atomic E-state index is 12.1. The maximum Gasteiger partial charge on any atom is 0.387 e. The number of imide groups is 1. The van der Waals surface area contributed by atoms with Gasteiger partial charge >= 0.3 is 12.6 Å². The van der Waals surface area contributed by atoms with Crippen molar-refractivity contribution < 1.29 is 32.6 Å². The Morgan fingerprint density at radius 2 is 1.60 bits per heavy atom. The van der Waals surface area contributed by atoms with E-state index >= 15 is 0 Å².